The molecule has 1 aromatic heterocycles. The lowest BCUT2D eigenvalue weighted by atomic mass is 10.1. The number of nitrogens with zero attached hydrogens (tertiary/aromatic N) is 2. The maximum atomic E-state index is 12.3. The number of aryl methyl sites for hydroxylation is 1. The Labute approximate surface area is 156 Å². The van der Waals surface area contributed by atoms with Gasteiger partial charge in [-0.25, -0.2) is 9.97 Å². The maximum Gasteiger partial charge on any atom is 0.387 e. The molecule has 0 aliphatic carbocycles. The molecule has 8 heteroatoms. The minimum absolute atomic E-state index is 0.0154. The summed E-state index contributed by atoms with van der Waals surface area (Å²) in [5.74, 6) is 0.899. The predicted octanol–water partition coefficient (Wildman–Crippen LogP) is 5.32. The highest BCUT2D eigenvalue weighted by Gasteiger charge is 2.18. The number of methoxy groups -OCH3 is 1. The van der Waals surface area contributed by atoms with E-state index >= 15 is 0 Å². The Bertz CT molecular complexity index is 755. The highest BCUT2D eigenvalue weighted by Crippen LogP contribution is 2.34. The molecule has 2 rings (SSSR count). The van der Waals surface area contributed by atoms with E-state index in [2.05, 4.69) is 33.9 Å². The molecule has 142 valence electrons. The average molecular weight is 386 g/mol. The first kappa shape index (κ1) is 20.2. The van der Waals surface area contributed by atoms with Gasteiger partial charge in [-0.15, -0.1) is 0 Å². The second kappa shape index (κ2) is 8.98. The van der Waals surface area contributed by atoms with Crippen LogP contribution in [0.2, 0.25) is 5.02 Å². The number of aromatic nitrogens is 2. The Morgan fingerprint density at radius 1 is 1.19 bits per heavy atom. The molecular formula is C18H22ClF2N3O2. The first-order chi connectivity index (χ1) is 12.4. The molecule has 0 aliphatic heterocycles. The van der Waals surface area contributed by atoms with Crippen LogP contribution < -0.4 is 14.8 Å². The Morgan fingerprint density at radius 3 is 2.42 bits per heavy atom. The van der Waals surface area contributed by atoms with Crippen molar-refractivity contribution in [1.82, 2.24) is 9.97 Å². The van der Waals surface area contributed by atoms with Gasteiger partial charge >= 0.3 is 6.61 Å². The zero-order chi connectivity index (χ0) is 19.3. The van der Waals surface area contributed by atoms with E-state index in [9.17, 15) is 8.78 Å². The molecule has 1 N–H and O–H groups in total. The van der Waals surface area contributed by atoms with E-state index in [-0.39, 0.29) is 16.8 Å². The van der Waals surface area contributed by atoms with Gasteiger partial charge in [0.25, 0.3) is 5.88 Å². The Morgan fingerprint density at radius 2 is 1.88 bits per heavy atom. The normalized spacial score (nSPS) is 11.1. The van der Waals surface area contributed by atoms with Gasteiger partial charge in [0.2, 0.25) is 0 Å². The maximum absolute atomic E-state index is 12.3. The number of anilines is 1. The molecule has 0 aliphatic rings. The summed E-state index contributed by atoms with van der Waals surface area (Å²) in [6.07, 6.45) is 1.89. The number of alkyl halides is 2. The van der Waals surface area contributed by atoms with Gasteiger partial charge in [-0.2, -0.15) is 8.78 Å². The topological polar surface area (TPSA) is 56.3 Å². The lowest BCUT2D eigenvalue weighted by Crippen LogP contribution is -2.19. The number of hydrogen-bond donors (Lipinski definition) is 1. The van der Waals surface area contributed by atoms with Crippen molar-refractivity contribution >= 4 is 17.4 Å². The van der Waals surface area contributed by atoms with Crippen molar-refractivity contribution in [3.8, 4) is 22.9 Å². The van der Waals surface area contributed by atoms with E-state index in [0.29, 0.717) is 28.6 Å². The SMILES string of the molecule is CCC(CC)Nc1nc(C)c(-c2ccc(OC(F)F)cc2Cl)nc1OC. The van der Waals surface area contributed by atoms with Gasteiger partial charge in [0, 0.05) is 11.6 Å². The molecule has 1 aromatic carbocycles. The van der Waals surface area contributed by atoms with Crippen LogP contribution in [0, 0.1) is 6.92 Å². The van der Waals surface area contributed by atoms with Crippen LogP contribution in [0.3, 0.4) is 0 Å². The first-order valence-corrected chi connectivity index (χ1v) is 8.71. The van der Waals surface area contributed by atoms with Crippen molar-refractivity contribution in [2.45, 2.75) is 46.3 Å². The largest absolute Gasteiger partial charge is 0.478 e. The van der Waals surface area contributed by atoms with Gasteiger partial charge in [-0.05, 0) is 38.0 Å². The third-order valence-corrected chi connectivity index (χ3v) is 4.29. The highest BCUT2D eigenvalue weighted by atomic mass is 35.5. The van der Waals surface area contributed by atoms with E-state index < -0.39 is 6.61 Å². The molecule has 0 fully saturated rings. The van der Waals surface area contributed by atoms with E-state index in [1.54, 1.807) is 13.0 Å². The minimum Gasteiger partial charge on any atom is -0.478 e. The Hall–Kier alpha value is -2.15. The molecule has 0 saturated heterocycles. The van der Waals surface area contributed by atoms with Gasteiger partial charge < -0.3 is 14.8 Å². The third-order valence-electron chi connectivity index (χ3n) is 3.98. The molecule has 0 radical (unpaired) electrons. The lowest BCUT2D eigenvalue weighted by Gasteiger charge is -2.19. The molecule has 2 aromatic rings. The molecule has 0 bridgehead atoms. The fraction of sp³-hybridized carbons (Fsp3) is 0.444. The van der Waals surface area contributed by atoms with Crippen LogP contribution in [0.4, 0.5) is 14.6 Å². The van der Waals surface area contributed by atoms with E-state index in [1.165, 1.54) is 19.2 Å². The monoisotopic (exact) mass is 385 g/mol. The van der Waals surface area contributed by atoms with Crippen LogP contribution in [0.5, 0.6) is 11.6 Å². The predicted molar refractivity (Wildman–Crippen MR) is 98.4 cm³/mol. The minimum atomic E-state index is -2.91. The summed E-state index contributed by atoms with van der Waals surface area (Å²) in [6.45, 7) is 3.07. The molecule has 1 heterocycles. The molecule has 26 heavy (non-hydrogen) atoms. The average Bonchev–Trinajstić information content (AvgIpc) is 2.60. The van der Waals surface area contributed by atoms with E-state index in [4.69, 9.17) is 16.3 Å². The summed E-state index contributed by atoms with van der Waals surface area (Å²) in [5.41, 5.74) is 1.72. The Kier molecular flexibility index (Phi) is 6.97. The number of benzene rings is 1. The molecule has 0 amide bonds. The summed E-state index contributed by atoms with van der Waals surface area (Å²) in [5, 5.41) is 3.57. The fourth-order valence-electron chi connectivity index (χ4n) is 2.55. The zero-order valence-corrected chi connectivity index (χ0v) is 15.9. The Balaban J connectivity index is 2.41. The molecule has 0 unspecified atom stereocenters. The molecular weight excluding hydrogens is 364 g/mol. The first-order valence-electron chi connectivity index (χ1n) is 8.33. The molecule has 0 spiro atoms. The summed E-state index contributed by atoms with van der Waals surface area (Å²) in [7, 11) is 1.52. The second-order valence-corrected chi connectivity index (χ2v) is 6.10. The van der Waals surface area contributed by atoms with Crippen molar-refractivity contribution in [2.75, 3.05) is 12.4 Å². The van der Waals surface area contributed by atoms with Crippen LogP contribution in [-0.4, -0.2) is 29.7 Å². The third kappa shape index (κ3) is 4.72. The van der Waals surface area contributed by atoms with Crippen molar-refractivity contribution in [2.24, 2.45) is 0 Å². The summed E-state index contributed by atoms with van der Waals surface area (Å²) < 4.78 is 34.4. The van der Waals surface area contributed by atoms with Gasteiger partial charge in [0.05, 0.1) is 23.5 Å². The number of halogens is 3. The summed E-state index contributed by atoms with van der Waals surface area (Å²) in [6, 6.07) is 4.58. The summed E-state index contributed by atoms with van der Waals surface area (Å²) >= 11 is 6.23. The number of rotatable bonds is 8. The molecule has 0 saturated carbocycles. The molecule has 5 nitrogen and oxygen atoms in total. The van der Waals surface area contributed by atoms with Crippen molar-refractivity contribution in [1.29, 1.82) is 0 Å². The van der Waals surface area contributed by atoms with E-state index in [1.807, 2.05) is 0 Å². The number of nitrogens with one attached hydrogen (secondary N) is 1. The van der Waals surface area contributed by atoms with Crippen molar-refractivity contribution in [3.63, 3.8) is 0 Å². The van der Waals surface area contributed by atoms with Gasteiger partial charge in [-0.1, -0.05) is 25.4 Å². The lowest BCUT2D eigenvalue weighted by molar-refractivity contribution is -0.0498. The molecule has 0 atom stereocenters. The van der Waals surface area contributed by atoms with Gasteiger partial charge in [0.15, 0.2) is 5.82 Å². The zero-order valence-electron chi connectivity index (χ0n) is 15.1. The number of ether oxygens (including phenoxy) is 2. The quantitative estimate of drug-likeness (QED) is 0.666. The van der Waals surface area contributed by atoms with Crippen LogP contribution in [-0.2, 0) is 0 Å². The second-order valence-electron chi connectivity index (χ2n) is 5.69. The van der Waals surface area contributed by atoms with Crippen molar-refractivity contribution in [3.05, 3.63) is 28.9 Å². The van der Waals surface area contributed by atoms with Gasteiger partial charge in [0.1, 0.15) is 5.75 Å². The summed E-state index contributed by atoms with van der Waals surface area (Å²) in [4.78, 5) is 9.07. The van der Waals surface area contributed by atoms with Gasteiger partial charge in [-0.3, -0.25) is 0 Å². The van der Waals surface area contributed by atoms with E-state index in [0.717, 1.165) is 12.8 Å². The number of hydrogen-bond acceptors (Lipinski definition) is 5. The fourth-order valence-corrected chi connectivity index (χ4v) is 2.81. The standard InChI is InChI=1S/C18H22ClF2N3O2/c1-5-11(6-2)23-16-17(25-4)24-15(10(3)22-16)13-8-7-12(9-14(13)19)26-18(20)21/h7-9,11,18H,5-6H2,1-4H3,(H,22,23). The van der Waals surface area contributed by atoms with Crippen LogP contribution in [0.1, 0.15) is 32.4 Å². The van der Waals surface area contributed by atoms with Crippen LogP contribution >= 0.6 is 11.6 Å². The van der Waals surface area contributed by atoms with Crippen LogP contribution in [0.15, 0.2) is 18.2 Å². The van der Waals surface area contributed by atoms with Crippen molar-refractivity contribution < 1.29 is 18.3 Å². The highest BCUT2D eigenvalue weighted by molar-refractivity contribution is 6.33. The van der Waals surface area contributed by atoms with Crippen LogP contribution in [0.25, 0.3) is 11.3 Å². The smallest absolute Gasteiger partial charge is 0.387 e.